The highest BCUT2D eigenvalue weighted by Gasteiger charge is 2.11. The first-order chi connectivity index (χ1) is 10.6. The zero-order chi connectivity index (χ0) is 15.9. The molecule has 1 aromatic carbocycles. The number of unbranched alkanes of at least 4 members (excludes halogenated alkanes) is 1. The molecule has 0 amide bonds. The zero-order valence-corrected chi connectivity index (χ0v) is 14.2. The Hall–Kier alpha value is -0.990. The van der Waals surface area contributed by atoms with Crippen molar-refractivity contribution < 1.29 is 13.5 Å². The van der Waals surface area contributed by atoms with Crippen LogP contribution in [0.5, 0.6) is 0 Å². The van der Waals surface area contributed by atoms with Gasteiger partial charge >= 0.3 is 0 Å². The van der Waals surface area contributed by atoms with Crippen molar-refractivity contribution in [1.82, 2.24) is 0 Å². The highest BCUT2D eigenvalue weighted by molar-refractivity contribution is 9.10. The third-order valence-corrected chi connectivity index (χ3v) is 4.35. The molecule has 22 heavy (non-hydrogen) atoms. The predicted octanol–water partition coefficient (Wildman–Crippen LogP) is 3.83. The van der Waals surface area contributed by atoms with Gasteiger partial charge in [-0.2, -0.15) is 5.10 Å². The van der Waals surface area contributed by atoms with Gasteiger partial charge in [0.25, 0.3) is 0 Å². The fourth-order valence-electron chi connectivity index (χ4n) is 1.87. The van der Waals surface area contributed by atoms with E-state index in [2.05, 4.69) is 26.1 Å². The number of amidine groups is 1. The van der Waals surface area contributed by atoms with Gasteiger partial charge in [0.15, 0.2) is 5.17 Å². The average molecular weight is 392 g/mol. The minimum absolute atomic E-state index is 0.0407. The zero-order valence-electron chi connectivity index (χ0n) is 11.8. The molecule has 0 spiro atoms. The first-order valence-electron chi connectivity index (χ1n) is 6.79. The molecule has 0 saturated carbocycles. The lowest BCUT2D eigenvalue weighted by Gasteiger charge is -2.09. The molecule has 0 fully saturated rings. The van der Waals surface area contributed by atoms with Crippen LogP contribution in [0.25, 0.3) is 0 Å². The second kappa shape index (κ2) is 8.59. The Morgan fingerprint density at radius 1 is 1.23 bits per heavy atom. The second-order valence-electron chi connectivity index (χ2n) is 4.75. The smallest absolute Gasteiger partial charge is 0.180 e. The summed E-state index contributed by atoms with van der Waals surface area (Å²) in [4.78, 5) is 0. The molecule has 0 radical (unpaired) electrons. The van der Waals surface area contributed by atoms with Crippen LogP contribution in [0.4, 0.5) is 8.78 Å². The Balaban J connectivity index is 1.66. The number of hydrogen-bond donors (Lipinski definition) is 1. The standard InChI is InChI=1S/C14H16BrF2N3OS/c15-9-5-12(16)11(13(17)6-9)7-21-4-2-1-3-10-8-22-14(18)20-19-10/h5-6H,1-4,7-8H2,(H2,18,20). The van der Waals surface area contributed by atoms with E-state index in [4.69, 9.17) is 10.5 Å². The lowest BCUT2D eigenvalue weighted by molar-refractivity contribution is 0.112. The fraction of sp³-hybridized carbons (Fsp3) is 0.429. The summed E-state index contributed by atoms with van der Waals surface area (Å²) in [5.74, 6) is -0.433. The number of benzene rings is 1. The van der Waals surface area contributed by atoms with Gasteiger partial charge in [0, 0.05) is 22.4 Å². The van der Waals surface area contributed by atoms with E-state index in [-0.39, 0.29) is 12.2 Å². The summed E-state index contributed by atoms with van der Waals surface area (Å²) in [5, 5.41) is 8.33. The second-order valence-corrected chi connectivity index (χ2v) is 6.66. The van der Waals surface area contributed by atoms with E-state index in [0.29, 0.717) is 16.2 Å². The third-order valence-electron chi connectivity index (χ3n) is 3.03. The Labute approximate surface area is 140 Å². The molecule has 120 valence electrons. The lowest BCUT2D eigenvalue weighted by Crippen LogP contribution is -2.15. The van der Waals surface area contributed by atoms with E-state index in [0.717, 1.165) is 30.7 Å². The van der Waals surface area contributed by atoms with Gasteiger partial charge in [0.2, 0.25) is 0 Å². The molecule has 1 aromatic rings. The van der Waals surface area contributed by atoms with Crippen molar-refractivity contribution in [2.45, 2.75) is 25.9 Å². The number of rotatable bonds is 7. The van der Waals surface area contributed by atoms with Crippen LogP contribution < -0.4 is 5.73 Å². The third kappa shape index (κ3) is 5.33. The van der Waals surface area contributed by atoms with E-state index in [1.54, 1.807) is 0 Å². The minimum Gasteiger partial charge on any atom is -0.377 e. The molecule has 8 heteroatoms. The molecule has 0 aliphatic carbocycles. The maximum Gasteiger partial charge on any atom is 0.180 e. The quantitative estimate of drug-likeness (QED) is 0.718. The minimum atomic E-state index is -0.601. The van der Waals surface area contributed by atoms with Crippen molar-refractivity contribution in [3.05, 3.63) is 33.8 Å². The largest absolute Gasteiger partial charge is 0.377 e. The highest BCUT2D eigenvalue weighted by atomic mass is 79.9. The molecule has 0 aromatic heterocycles. The van der Waals surface area contributed by atoms with E-state index in [1.807, 2.05) is 0 Å². The van der Waals surface area contributed by atoms with Crippen LogP contribution in [0.3, 0.4) is 0 Å². The molecule has 1 aliphatic rings. The molecule has 0 atom stereocenters. The van der Waals surface area contributed by atoms with Crippen LogP contribution in [0.2, 0.25) is 0 Å². The van der Waals surface area contributed by atoms with Crippen molar-refractivity contribution in [3.63, 3.8) is 0 Å². The maximum atomic E-state index is 13.6. The summed E-state index contributed by atoms with van der Waals surface area (Å²) in [6.45, 7) is 0.378. The first-order valence-corrected chi connectivity index (χ1v) is 8.57. The van der Waals surface area contributed by atoms with Crippen molar-refractivity contribution in [2.24, 2.45) is 15.9 Å². The van der Waals surface area contributed by atoms with E-state index >= 15 is 0 Å². The van der Waals surface area contributed by atoms with Crippen molar-refractivity contribution >= 4 is 38.6 Å². The number of hydrogen-bond acceptors (Lipinski definition) is 5. The van der Waals surface area contributed by atoms with Gasteiger partial charge in [-0.05, 0) is 31.4 Å². The van der Waals surface area contributed by atoms with E-state index in [9.17, 15) is 8.78 Å². The van der Waals surface area contributed by atoms with Crippen LogP contribution in [-0.2, 0) is 11.3 Å². The monoisotopic (exact) mass is 391 g/mol. The fourth-order valence-corrected chi connectivity index (χ4v) is 2.89. The van der Waals surface area contributed by atoms with Crippen LogP contribution in [0.15, 0.2) is 26.8 Å². The number of thioether (sulfide) groups is 1. The van der Waals surface area contributed by atoms with Gasteiger partial charge in [-0.3, -0.25) is 0 Å². The molecule has 1 heterocycles. The number of halogens is 3. The van der Waals surface area contributed by atoms with Gasteiger partial charge in [-0.15, -0.1) is 5.10 Å². The molecular weight excluding hydrogens is 376 g/mol. The molecule has 0 unspecified atom stereocenters. The number of ether oxygens (including phenoxy) is 1. The molecule has 4 nitrogen and oxygen atoms in total. The summed E-state index contributed by atoms with van der Waals surface area (Å²) < 4.78 is 32.9. The van der Waals surface area contributed by atoms with Crippen molar-refractivity contribution in [2.75, 3.05) is 12.4 Å². The van der Waals surface area contributed by atoms with Gasteiger partial charge in [0.05, 0.1) is 12.3 Å². The summed E-state index contributed by atoms with van der Waals surface area (Å²) in [6.07, 6.45) is 2.51. The summed E-state index contributed by atoms with van der Waals surface area (Å²) >= 11 is 4.51. The molecule has 2 rings (SSSR count). The van der Waals surface area contributed by atoms with Gasteiger partial charge < -0.3 is 10.5 Å². The van der Waals surface area contributed by atoms with E-state index in [1.165, 1.54) is 23.9 Å². The van der Waals surface area contributed by atoms with Gasteiger partial charge in [0.1, 0.15) is 11.6 Å². The Morgan fingerprint density at radius 3 is 2.59 bits per heavy atom. The van der Waals surface area contributed by atoms with Gasteiger partial charge in [-0.1, -0.05) is 27.7 Å². The van der Waals surface area contributed by atoms with Crippen molar-refractivity contribution in [1.29, 1.82) is 0 Å². The normalized spacial score (nSPS) is 14.7. The van der Waals surface area contributed by atoms with Crippen LogP contribution >= 0.6 is 27.7 Å². The average Bonchev–Trinajstić information content (AvgIpc) is 2.46. The molecule has 0 bridgehead atoms. The van der Waals surface area contributed by atoms with Gasteiger partial charge in [-0.25, -0.2) is 8.78 Å². The topological polar surface area (TPSA) is 60.0 Å². The Morgan fingerprint density at radius 2 is 1.95 bits per heavy atom. The Bertz CT molecular complexity index is 572. The molecule has 2 N–H and O–H groups in total. The SMILES string of the molecule is NC1=NN=C(CCCCOCc2c(F)cc(Br)cc2F)CS1. The van der Waals surface area contributed by atoms with Crippen molar-refractivity contribution in [3.8, 4) is 0 Å². The Kier molecular flexibility index (Phi) is 6.78. The van der Waals surface area contributed by atoms with Crippen LogP contribution in [0.1, 0.15) is 24.8 Å². The molecule has 0 saturated heterocycles. The van der Waals surface area contributed by atoms with Crippen LogP contribution in [0, 0.1) is 11.6 Å². The first kappa shape index (κ1) is 17.4. The number of nitrogens with two attached hydrogens (primary N) is 1. The maximum absolute atomic E-state index is 13.6. The summed E-state index contributed by atoms with van der Waals surface area (Å²) in [6, 6.07) is 2.46. The van der Waals surface area contributed by atoms with Crippen LogP contribution in [-0.4, -0.2) is 23.2 Å². The van der Waals surface area contributed by atoms with E-state index < -0.39 is 11.6 Å². The lowest BCUT2D eigenvalue weighted by atomic mass is 10.2. The summed E-state index contributed by atoms with van der Waals surface area (Å²) in [5.41, 5.74) is 6.47. The number of nitrogens with zero attached hydrogens (tertiary/aromatic N) is 2. The highest BCUT2D eigenvalue weighted by Crippen LogP contribution is 2.20. The molecular formula is C14H16BrF2N3OS. The predicted molar refractivity (Wildman–Crippen MR) is 89.1 cm³/mol. The summed E-state index contributed by atoms with van der Waals surface area (Å²) in [7, 11) is 0. The molecule has 1 aliphatic heterocycles.